The van der Waals surface area contributed by atoms with Gasteiger partial charge in [0, 0.05) is 109 Å². The van der Waals surface area contributed by atoms with E-state index in [2.05, 4.69) is 60.2 Å². The van der Waals surface area contributed by atoms with Crippen LogP contribution in [0, 0.1) is 0 Å². The van der Waals surface area contributed by atoms with Gasteiger partial charge in [-0.1, -0.05) is 48.5 Å². The Bertz CT molecular complexity index is 2480. The highest BCUT2D eigenvalue weighted by Gasteiger charge is 2.34. The van der Waals surface area contributed by atoms with Gasteiger partial charge in [0.2, 0.25) is 0 Å². The first-order valence-electron chi connectivity index (χ1n) is 22.6. The summed E-state index contributed by atoms with van der Waals surface area (Å²) in [5.41, 5.74) is -0.276. The van der Waals surface area contributed by atoms with Gasteiger partial charge in [-0.2, -0.15) is 13.2 Å². The smallest absolute Gasteiger partial charge is 0.381 e. The maximum atomic E-state index is 14.7. The van der Waals surface area contributed by atoms with Gasteiger partial charge in [-0.25, -0.2) is 22.8 Å². The average molecular weight is 1000 g/mol. The van der Waals surface area contributed by atoms with Crippen LogP contribution in [0.15, 0.2) is 124 Å². The number of halogens is 5. The second-order valence-electron chi connectivity index (χ2n) is 17.3. The van der Waals surface area contributed by atoms with E-state index in [-0.39, 0.29) is 51.2 Å². The summed E-state index contributed by atoms with van der Waals surface area (Å²) in [6, 6.07) is 21.2. The standard InChI is InChI=1S/C49H59ClF4N8O2S3/c1-5-38(51)29-44(34(2)36-11-13-37(50)14-12-36)35(3)61-22-18-40(19-23-61)62-24-20-43-46(31-62)55-33-56-48(43)58-67(63,64)42-15-16-45(47(30-42)66-49(52,53)54)57-39(32-65-41-9-7-6-8-10-41)17-21-60-27-25-59(4)26-28-60/h5-16,29-30,33,35,39-40,57H,1,17-28,31-32H2,2-4H3,(H,55,56,58)/b38-29+,44-34-/t35?,39-/m1/s1. The number of benzene rings is 3. The Morgan fingerprint density at radius 3 is 2.39 bits per heavy atom. The van der Waals surface area contributed by atoms with Crippen molar-refractivity contribution in [3.63, 3.8) is 0 Å². The van der Waals surface area contributed by atoms with Crippen LogP contribution in [0.5, 0.6) is 0 Å². The zero-order valence-electron chi connectivity index (χ0n) is 38.1. The summed E-state index contributed by atoms with van der Waals surface area (Å²) < 4.78 is 87.7. The van der Waals surface area contributed by atoms with E-state index in [0.717, 1.165) is 86.3 Å². The predicted octanol–water partition coefficient (Wildman–Crippen LogP) is 10.5. The average Bonchev–Trinajstić information content (AvgIpc) is 3.32. The number of fused-ring (bicyclic) bond motifs is 1. The Kier molecular flexibility index (Phi) is 17.6. The molecule has 4 aromatic rings. The molecule has 0 bridgehead atoms. The van der Waals surface area contributed by atoms with E-state index in [0.29, 0.717) is 48.0 Å². The highest BCUT2D eigenvalue weighted by Crippen LogP contribution is 2.42. The minimum atomic E-state index is -4.66. The van der Waals surface area contributed by atoms with Gasteiger partial charge in [-0.3, -0.25) is 14.5 Å². The van der Waals surface area contributed by atoms with Crippen molar-refractivity contribution in [2.75, 3.05) is 75.2 Å². The second kappa shape index (κ2) is 23.1. The number of piperidine rings is 1. The van der Waals surface area contributed by atoms with Gasteiger partial charge in [0.15, 0.2) is 0 Å². The number of hydrogen-bond acceptors (Lipinski definition) is 11. The van der Waals surface area contributed by atoms with Crippen LogP contribution in [0.3, 0.4) is 0 Å². The molecule has 0 spiro atoms. The maximum absolute atomic E-state index is 14.7. The molecule has 3 aliphatic rings. The van der Waals surface area contributed by atoms with Gasteiger partial charge >= 0.3 is 5.51 Å². The van der Waals surface area contributed by atoms with Crippen molar-refractivity contribution < 1.29 is 26.0 Å². The molecule has 0 amide bonds. The normalized spacial score (nSPS) is 18.8. The molecule has 1 aromatic heterocycles. The fourth-order valence-electron chi connectivity index (χ4n) is 8.95. The lowest BCUT2D eigenvalue weighted by Gasteiger charge is -2.42. The summed E-state index contributed by atoms with van der Waals surface area (Å²) in [6.07, 6.45) is 7.02. The number of rotatable bonds is 18. The highest BCUT2D eigenvalue weighted by atomic mass is 35.5. The zero-order valence-corrected chi connectivity index (χ0v) is 41.3. The van der Waals surface area contributed by atoms with E-state index < -0.39 is 21.4 Å². The van der Waals surface area contributed by atoms with E-state index in [1.54, 1.807) is 17.8 Å². The van der Waals surface area contributed by atoms with Crippen LogP contribution in [0.2, 0.25) is 5.02 Å². The SMILES string of the molecule is C=C/C(F)=C\C(=C(/C)c1ccc(Cl)cc1)C(C)N1CCC(N2CCc3c(ncnc3NS(=O)(=O)c3ccc(N[C@H](CCN4CCN(C)CC4)CSc4ccccc4)c(SC(F)(F)F)c3)C2)CC1. The summed E-state index contributed by atoms with van der Waals surface area (Å²) in [5.74, 6) is 0.324. The molecule has 4 heterocycles. The van der Waals surface area contributed by atoms with Crippen LogP contribution in [0.1, 0.15) is 49.9 Å². The Labute approximate surface area is 406 Å². The van der Waals surface area contributed by atoms with Gasteiger partial charge in [-0.15, -0.1) is 11.8 Å². The fraction of sp³-hybridized carbons (Fsp3) is 0.429. The van der Waals surface area contributed by atoms with Crippen molar-refractivity contribution in [1.82, 2.24) is 29.6 Å². The van der Waals surface area contributed by atoms with Gasteiger partial charge < -0.3 is 15.1 Å². The van der Waals surface area contributed by atoms with Crippen LogP contribution < -0.4 is 10.0 Å². The molecule has 2 atom stereocenters. The minimum absolute atomic E-state index is 0.0680. The number of hydrogen-bond donors (Lipinski definition) is 2. The number of likely N-dealkylation sites (tertiary alicyclic amines) is 1. The topological polar surface area (TPSA) is 96.9 Å². The van der Waals surface area contributed by atoms with Crippen molar-refractivity contribution in [2.24, 2.45) is 0 Å². The van der Waals surface area contributed by atoms with Gasteiger partial charge in [0.1, 0.15) is 18.0 Å². The van der Waals surface area contributed by atoms with Crippen LogP contribution in [0.25, 0.3) is 5.57 Å². The van der Waals surface area contributed by atoms with E-state index in [9.17, 15) is 26.0 Å². The molecule has 2 saturated heterocycles. The summed E-state index contributed by atoms with van der Waals surface area (Å²) in [6.45, 7) is 14.9. The molecule has 1 unspecified atom stereocenters. The molecular weight excluding hydrogens is 940 g/mol. The first kappa shape index (κ1) is 50.9. The number of aromatic nitrogens is 2. The first-order valence-corrected chi connectivity index (χ1v) is 26.3. The summed E-state index contributed by atoms with van der Waals surface area (Å²) in [7, 11) is -2.27. The van der Waals surface area contributed by atoms with Crippen molar-refractivity contribution in [3.8, 4) is 0 Å². The molecule has 67 heavy (non-hydrogen) atoms. The third kappa shape index (κ3) is 14.1. The van der Waals surface area contributed by atoms with Crippen LogP contribution in [0.4, 0.5) is 29.1 Å². The molecule has 7 rings (SSSR count). The molecule has 360 valence electrons. The van der Waals surface area contributed by atoms with E-state index in [1.807, 2.05) is 61.5 Å². The number of nitrogens with one attached hydrogen (secondary N) is 2. The lowest BCUT2D eigenvalue weighted by molar-refractivity contribution is -0.0328. The van der Waals surface area contributed by atoms with E-state index in [1.165, 1.54) is 24.5 Å². The van der Waals surface area contributed by atoms with E-state index >= 15 is 0 Å². The Morgan fingerprint density at radius 1 is 0.985 bits per heavy atom. The van der Waals surface area contributed by atoms with Crippen molar-refractivity contribution in [2.45, 2.75) is 84.4 Å². The number of likely N-dealkylation sites (N-methyl/N-ethyl adjacent to an activating group) is 1. The number of alkyl halides is 3. The lowest BCUT2D eigenvalue weighted by Crippen LogP contribution is -2.49. The quantitative estimate of drug-likeness (QED) is 0.0567. The van der Waals surface area contributed by atoms with Gasteiger partial charge in [0.05, 0.1) is 10.6 Å². The third-order valence-corrected chi connectivity index (χ3v) is 16.5. The predicted molar refractivity (Wildman–Crippen MR) is 266 cm³/mol. The molecule has 0 aliphatic carbocycles. The molecule has 18 heteroatoms. The zero-order chi connectivity index (χ0) is 47.7. The molecule has 2 fully saturated rings. The molecule has 2 N–H and O–H groups in total. The van der Waals surface area contributed by atoms with Crippen LogP contribution in [-0.4, -0.2) is 127 Å². The monoisotopic (exact) mass is 998 g/mol. The molecule has 3 aliphatic heterocycles. The second-order valence-corrected chi connectivity index (χ2v) is 21.7. The number of thioether (sulfide) groups is 2. The largest absolute Gasteiger partial charge is 0.446 e. The van der Waals surface area contributed by atoms with Gasteiger partial charge in [0.25, 0.3) is 10.0 Å². The number of anilines is 2. The van der Waals surface area contributed by atoms with Crippen molar-refractivity contribution >= 4 is 62.2 Å². The van der Waals surface area contributed by atoms with Gasteiger partial charge in [-0.05, 0) is 130 Å². The number of allylic oxidation sites excluding steroid dienone is 3. The minimum Gasteiger partial charge on any atom is -0.381 e. The third-order valence-electron chi connectivity index (χ3n) is 12.9. The van der Waals surface area contributed by atoms with E-state index in [4.69, 9.17) is 11.6 Å². The maximum Gasteiger partial charge on any atom is 0.446 e. The van der Waals surface area contributed by atoms with Crippen molar-refractivity contribution in [3.05, 3.63) is 131 Å². The first-order chi connectivity index (χ1) is 32.0. The van der Waals surface area contributed by atoms with Crippen LogP contribution in [-0.2, 0) is 23.0 Å². The van der Waals surface area contributed by atoms with Crippen LogP contribution >= 0.6 is 35.1 Å². The Balaban J connectivity index is 1.02. The summed E-state index contributed by atoms with van der Waals surface area (Å²) in [4.78, 5) is 18.8. The van der Waals surface area contributed by atoms with Crippen molar-refractivity contribution in [1.29, 1.82) is 0 Å². The summed E-state index contributed by atoms with van der Waals surface area (Å²) in [5, 5.41) is 4.01. The molecule has 3 aromatic carbocycles. The molecule has 10 nitrogen and oxygen atoms in total. The molecule has 0 radical (unpaired) electrons. The fourth-order valence-corrected chi connectivity index (χ4v) is 11.9. The summed E-state index contributed by atoms with van der Waals surface area (Å²) >= 11 is 7.45. The number of piperazine rings is 1. The number of nitrogens with zero attached hydrogens (tertiary/aromatic N) is 6. The highest BCUT2D eigenvalue weighted by molar-refractivity contribution is 8.00. The Hall–Kier alpha value is -3.94. The lowest BCUT2D eigenvalue weighted by atomic mass is 9.92. The number of sulfonamides is 1. The molecular formula is C49H59ClF4N8O2S3. The molecule has 0 saturated carbocycles. The Morgan fingerprint density at radius 2 is 1.70 bits per heavy atom.